The topological polar surface area (TPSA) is 86.8 Å². The molecule has 0 aliphatic heterocycles. The molecule has 7 nitrogen and oxygen atoms in total. The third-order valence-electron chi connectivity index (χ3n) is 6.28. The van der Waals surface area contributed by atoms with Crippen molar-refractivity contribution in [1.29, 1.82) is 0 Å². The van der Waals surface area contributed by atoms with Gasteiger partial charge < -0.3 is 10.2 Å². The lowest BCUT2D eigenvalue weighted by Crippen LogP contribution is -2.52. The smallest absolute Gasteiger partial charge is 0.264 e. The van der Waals surface area contributed by atoms with Gasteiger partial charge in [0, 0.05) is 23.1 Å². The van der Waals surface area contributed by atoms with Gasteiger partial charge in [0.1, 0.15) is 12.6 Å². The van der Waals surface area contributed by atoms with Crippen LogP contribution in [0.3, 0.4) is 0 Å². The zero-order valence-corrected chi connectivity index (χ0v) is 24.6. The van der Waals surface area contributed by atoms with Crippen LogP contribution in [0.5, 0.6) is 0 Å². The van der Waals surface area contributed by atoms with E-state index in [1.54, 1.807) is 61.5 Å². The Kier molecular flexibility index (Phi) is 10.8. The molecule has 0 radical (unpaired) electrons. The van der Waals surface area contributed by atoms with Crippen LogP contribution >= 0.6 is 23.2 Å². The molecule has 0 unspecified atom stereocenters. The van der Waals surface area contributed by atoms with E-state index in [9.17, 15) is 18.0 Å². The van der Waals surface area contributed by atoms with Crippen LogP contribution in [-0.2, 0) is 26.2 Å². The zero-order valence-electron chi connectivity index (χ0n) is 22.2. The number of carbonyl (C=O) groups excluding carboxylic acids is 2. The molecule has 1 atom stereocenters. The van der Waals surface area contributed by atoms with Crippen molar-refractivity contribution >= 4 is 50.7 Å². The van der Waals surface area contributed by atoms with E-state index in [0.29, 0.717) is 34.1 Å². The highest BCUT2D eigenvalue weighted by atomic mass is 35.5. The van der Waals surface area contributed by atoms with Gasteiger partial charge in [-0.2, -0.15) is 0 Å². The summed E-state index contributed by atoms with van der Waals surface area (Å²) in [6.07, 6.45) is 1.06. The van der Waals surface area contributed by atoms with E-state index in [-0.39, 0.29) is 23.0 Å². The van der Waals surface area contributed by atoms with Crippen molar-refractivity contribution in [3.63, 3.8) is 0 Å². The molecule has 0 aliphatic carbocycles. The van der Waals surface area contributed by atoms with Crippen molar-refractivity contribution in [2.45, 2.75) is 51.1 Å². The Bertz CT molecular complexity index is 1400. The lowest BCUT2D eigenvalue weighted by atomic mass is 10.1. The predicted octanol–water partition coefficient (Wildman–Crippen LogP) is 5.83. The fourth-order valence-electron chi connectivity index (χ4n) is 4.18. The molecule has 3 rings (SSSR count). The predicted molar refractivity (Wildman–Crippen MR) is 157 cm³/mol. The van der Waals surface area contributed by atoms with E-state index in [0.717, 1.165) is 10.7 Å². The normalized spacial score (nSPS) is 12.0. The highest BCUT2D eigenvalue weighted by Gasteiger charge is 2.34. The molecule has 10 heteroatoms. The number of benzene rings is 3. The molecule has 39 heavy (non-hydrogen) atoms. The van der Waals surface area contributed by atoms with Gasteiger partial charge >= 0.3 is 0 Å². The summed E-state index contributed by atoms with van der Waals surface area (Å²) in [5.41, 5.74) is 1.55. The first-order valence-corrected chi connectivity index (χ1v) is 14.9. The molecule has 2 amide bonds. The number of hydrogen-bond donors (Lipinski definition) is 1. The summed E-state index contributed by atoms with van der Waals surface area (Å²) in [6, 6.07) is 19.0. The van der Waals surface area contributed by atoms with Crippen LogP contribution in [0.15, 0.2) is 77.7 Å². The molecule has 0 heterocycles. The summed E-state index contributed by atoms with van der Waals surface area (Å²) in [5, 5.41) is 3.63. The number of rotatable bonds is 12. The number of hydrogen-bond acceptors (Lipinski definition) is 4. The van der Waals surface area contributed by atoms with Crippen molar-refractivity contribution in [3.8, 4) is 0 Å². The van der Waals surface area contributed by atoms with Gasteiger partial charge in [0.2, 0.25) is 11.8 Å². The highest BCUT2D eigenvalue weighted by Crippen LogP contribution is 2.30. The van der Waals surface area contributed by atoms with Crippen molar-refractivity contribution in [3.05, 3.63) is 94.0 Å². The molecule has 3 aromatic rings. The van der Waals surface area contributed by atoms with Crippen LogP contribution in [0, 0.1) is 6.92 Å². The Morgan fingerprint density at radius 2 is 1.62 bits per heavy atom. The van der Waals surface area contributed by atoms with Crippen LogP contribution in [-0.4, -0.2) is 44.3 Å². The van der Waals surface area contributed by atoms with Gasteiger partial charge in [-0.05, 0) is 61.2 Å². The molecule has 0 aliphatic rings. The number of amides is 2. The second kappa shape index (κ2) is 13.8. The van der Waals surface area contributed by atoms with E-state index in [1.807, 2.05) is 13.8 Å². The van der Waals surface area contributed by atoms with E-state index < -0.39 is 28.5 Å². The van der Waals surface area contributed by atoms with E-state index in [1.165, 1.54) is 23.1 Å². The van der Waals surface area contributed by atoms with E-state index >= 15 is 0 Å². The van der Waals surface area contributed by atoms with Crippen molar-refractivity contribution in [1.82, 2.24) is 10.2 Å². The summed E-state index contributed by atoms with van der Waals surface area (Å²) < 4.78 is 28.8. The average molecular weight is 591 g/mol. The van der Waals surface area contributed by atoms with Gasteiger partial charge in [-0.1, -0.05) is 79.5 Å². The molecule has 0 aromatic heterocycles. The lowest BCUT2D eigenvalue weighted by Gasteiger charge is -2.33. The fourth-order valence-corrected chi connectivity index (χ4v) is 6.03. The number of halogens is 2. The van der Waals surface area contributed by atoms with Crippen LogP contribution in [0.1, 0.15) is 37.8 Å². The first-order valence-electron chi connectivity index (χ1n) is 12.7. The number of anilines is 1. The first kappa shape index (κ1) is 30.5. The largest absolute Gasteiger partial charge is 0.354 e. The molecule has 0 saturated heterocycles. The second-order valence-electron chi connectivity index (χ2n) is 9.08. The second-order valence-corrected chi connectivity index (χ2v) is 11.8. The maximum absolute atomic E-state index is 14.1. The standard InChI is InChI=1S/C29H33Cl2N3O4S/c1-4-17-32-29(36)26(5-2)33(19-22-11-9-10-14-25(22)31)28(35)20-34(27-18-23(30)16-15-21(27)3)39(37,38)24-12-7-6-8-13-24/h6-16,18,26H,4-5,17,19-20H2,1-3H3,(H,32,36)/t26-/m1/s1. The summed E-state index contributed by atoms with van der Waals surface area (Å²) in [7, 11) is -4.17. The highest BCUT2D eigenvalue weighted by molar-refractivity contribution is 7.92. The molecular weight excluding hydrogens is 557 g/mol. The monoisotopic (exact) mass is 589 g/mol. The first-order chi connectivity index (χ1) is 18.6. The van der Waals surface area contributed by atoms with Gasteiger partial charge in [0.05, 0.1) is 10.6 Å². The average Bonchev–Trinajstić information content (AvgIpc) is 2.93. The van der Waals surface area contributed by atoms with Crippen molar-refractivity contribution in [2.24, 2.45) is 0 Å². The number of nitrogens with zero attached hydrogens (tertiary/aromatic N) is 2. The minimum Gasteiger partial charge on any atom is -0.354 e. The van der Waals surface area contributed by atoms with Gasteiger partial charge in [0.15, 0.2) is 0 Å². The van der Waals surface area contributed by atoms with Crippen molar-refractivity contribution in [2.75, 3.05) is 17.4 Å². The number of aryl methyl sites for hydroxylation is 1. The molecule has 3 aromatic carbocycles. The van der Waals surface area contributed by atoms with Gasteiger partial charge in [-0.25, -0.2) is 8.42 Å². The Labute approximate surface area is 240 Å². The van der Waals surface area contributed by atoms with Crippen LogP contribution in [0.4, 0.5) is 5.69 Å². The van der Waals surface area contributed by atoms with E-state index in [4.69, 9.17) is 23.2 Å². The number of carbonyl (C=O) groups is 2. The van der Waals surface area contributed by atoms with Crippen LogP contribution in [0.2, 0.25) is 10.0 Å². The molecule has 0 fully saturated rings. The maximum atomic E-state index is 14.1. The molecule has 208 valence electrons. The number of nitrogens with one attached hydrogen (secondary N) is 1. The van der Waals surface area contributed by atoms with Crippen LogP contribution < -0.4 is 9.62 Å². The Morgan fingerprint density at radius 3 is 2.26 bits per heavy atom. The van der Waals surface area contributed by atoms with Crippen molar-refractivity contribution < 1.29 is 18.0 Å². The minimum absolute atomic E-state index is 0.0301. The van der Waals surface area contributed by atoms with Gasteiger partial charge in [0.25, 0.3) is 10.0 Å². The third kappa shape index (κ3) is 7.53. The fraction of sp³-hybridized carbons (Fsp3) is 0.310. The molecule has 0 bridgehead atoms. The molecule has 0 saturated carbocycles. The quantitative estimate of drug-likeness (QED) is 0.288. The lowest BCUT2D eigenvalue weighted by molar-refractivity contribution is -0.140. The molecule has 1 N–H and O–H groups in total. The Hall–Kier alpha value is -3.07. The Morgan fingerprint density at radius 1 is 0.949 bits per heavy atom. The van der Waals surface area contributed by atoms with Crippen LogP contribution in [0.25, 0.3) is 0 Å². The zero-order chi connectivity index (χ0) is 28.6. The summed E-state index contributed by atoms with van der Waals surface area (Å²) in [6.45, 7) is 5.44. The molecular formula is C29H33Cl2N3O4S. The summed E-state index contributed by atoms with van der Waals surface area (Å²) in [5.74, 6) is -0.858. The minimum atomic E-state index is -4.17. The van der Waals surface area contributed by atoms with E-state index in [2.05, 4.69) is 5.32 Å². The van der Waals surface area contributed by atoms with Gasteiger partial charge in [-0.3, -0.25) is 13.9 Å². The third-order valence-corrected chi connectivity index (χ3v) is 8.66. The number of sulfonamides is 1. The Balaban J connectivity index is 2.09. The van der Waals surface area contributed by atoms with Gasteiger partial charge in [-0.15, -0.1) is 0 Å². The summed E-state index contributed by atoms with van der Waals surface area (Å²) in [4.78, 5) is 28.6. The SMILES string of the molecule is CCCNC(=O)[C@@H](CC)N(Cc1ccccc1Cl)C(=O)CN(c1cc(Cl)ccc1C)S(=O)(=O)c1ccccc1. The summed E-state index contributed by atoms with van der Waals surface area (Å²) >= 11 is 12.7. The molecule has 0 spiro atoms. The maximum Gasteiger partial charge on any atom is 0.264 e.